The monoisotopic (exact) mass is 274 g/mol. The van der Waals surface area contributed by atoms with Crippen LogP contribution in [0.25, 0.3) is 10.2 Å². The third-order valence-electron chi connectivity index (χ3n) is 3.03. The minimum Gasteiger partial charge on any atom is -0.184 e. The van der Waals surface area contributed by atoms with Crippen molar-refractivity contribution in [3.63, 3.8) is 0 Å². The highest BCUT2D eigenvalue weighted by atomic mass is 35.5. The molecule has 0 saturated heterocycles. The Balaban J connectivity index is 2.03. The van der Waals surface area contributed by atoms with Gasteiger partial charge in [0, 0.05) is 11.6 Å². The molecule has 2 aromatic carbocycles. The fraction of sp³-hybridized carbons (Fsp3) is 0.133. The third-order valence-corrected chi connectivity index (χ3v) is 4.34. The number of aryl methyl sites for hydroxylation is 1. The minimum atomic E-state index is 0.822. The van der Waals surface area contributed by atoms with E-state index in [0.29, 0.717) is 0 Å². The van der Waals surface area contributed by atoms with Crippen LogP contribution in [0.15, 0.2) is 48.0 Å². The van der Waals surface area contributed by atoms with E-state index in [1.165, 1.54) is 15.8 Å². The molecule has 0 N–H and O–H groups in total. The summed E-state index contributed by atoms with van der Waals surface area (Å²) < 4.78 is 3.57. The van der Waals surface area contributed by atoms with Gasteiger partial charge in [-0.2, -0.15) is 4.57 Å². The molecule has 0 atom stereocenters. The van der Waals surface area contributed by atoms with Gasteiger partial charge in [-0.05, 0) is 24.6 Å². The SMILES string of the molecule is Cc1ccc2c(c1)sc[n+]2Cc1ccccc1Cl. The highest BCUT2D eigenvalue weighted by Crippen LogP contribution is 2.20. The second-order valence-corrected chi connectivity index (χ2v) is 5.71. The van der Waals surface area contributed by atoms with E-state index in [-0.39, 0.29) is 0 Å². The predicted molar refractivity (Wildman–Crippen MR) is 77.3 cm³/mol. The van der Waals surface area contributed by atoms with Crippen LogP contribution in [0.2, 0.25) is 5.02 Å². The van der Waals surface area contributed by atoms with E-state index in [9.17, 15) is 0 Å². The predicted octanol–water partition coefficient (Wildman–Crippen LogP) is 4.20. The van der Waals surface area contributed by atoms with Crippen molar-refractivity contribution in [3.05, 3.63) is 64.1 Å². The van der Waals surface area contributed by atoms with Gasteiger partial charge in [-0.3, -0.25) is 0 Å². The van der Waals surface area contributed by atoms with Crippen molar-refractivity contribution in [2.45, 2.75) is 13.5 Å². The zero-order valence-corrected chi connectivity index (χ0v) is 11.6. The molecule has 0 spiro atoms. The molecule has 1 aromatic heterocycles. The normalized spacial score (nSPS) is 11.0. The molecule has 0 aliphatic heterocycles. The summed E-state index contributed by atoms with van der Waals surface area (Å²) in [5.74, 6) is 0. The molecule has 3 heteroatoms. The molecule has 0 fully saturated rings. The summed E-state index contributed by atoms with van der Waals surface area (Å²) in [6.45, 7) is 2.94. The average Bonchev–Trinajstić information content (AvgIpc) is 2.74. The first-order chi connectivity index (χ1) is 8.74. The molecule has 1 nitrogen and oxygen atoms in total. The zero-order chi connectivity index (χ0) is 12.5. The molecule has 1 heterocycles. The lowest BCUT2D eigenvalue weighted by Crippen LogP contribution is -2.32. The van der Waals surface area contributed by atoms with Crippen molar-refractivity contribution < 1.29 is 4.57 Å². The second kappa shape index (κ2) is 4.71. The molecule has 3 rings (SSSR count). The van der Waals surface area contributed by atoms with Gasteiger partial charge in [0.25, 0.3) is 0 Å². The van der Waals surface area contributed by atoms with Crippen LogP contribution in [0.3, 0.4) is 0 Å². The lowest BCUT2D eigenvalue weighted by atomic mass is 10.2. The summed E-state index contributed by atoms with van der Waals surface area (Å²) >= 11 is 7.98. The first-order valence-corrected chi connectivity index (χ1v) is 7.10. The molecule has 0 bridgehead atoms. The van der Waals surface area contributed by atoms with Crippen LogP contribution in [0.4, 0.5) is 0 Å². The molecule has 90 valence electrons. The number of nitrogens with zero attached hydrogens (tertiary/aromatic N) is 1. The van der Waals surface area contributed by atoms with E-state index in [1.807, 2.05) is 18.2 Å². The smallest absolute Gasteiger partial charge is 0.184 e. The first kappa shape index (κ1) is 11.7. The summed E-state index contributed by atoms with van der Waals surface area (Å²) in [7, 11) is 0. The van der Waals surface area contributed by atoms with Crippen LogP contribution in [0, 0.1) is 6.92 Å². The van der Waals surface area contributed by atoms with Crippen LogP contribution in [0.5, 0.6) is 0 Å². The van der Waals surface area contributed by atoms with Gasteiger partial charge in [0.2, 0.25) is 11.0 Å². The Morgan fingerprint density at radius 1 is 1.17 bits per heavy atom. The van der Waals surface area contributed by atoms with E-state index in [0.717, 1.165) is 17.1 Å². The summed E-state index contributed by atoms with van der Waals surface area (Å²) in [6, 6.07) is 14.6. The van der Waals surface area contributed by atoms with E-state index < -0.39 is 0 Å². The van der Waals surface area contributed by atoms with Crippen molar-refractivity contribution in [1.29, 1.82) is 0 Å². The molecule has 0 saturated carbocycles. The number of halogens is 1. The van der Waals surface area contributed by atoms with Crippen molar-refractivity contribution in [1.82, 2.24) is 0 Å². The topological polar surface area (TPSA) is 3.88 Å². The van der Waals surface area contributed by atoms with Gasteiger partial charge in [-0.1, -0.05) is 47.2 Å². The fourth-order valence-electron chi connectivity index (χ4n) is 2.06. The second-order valence-electron chi connectivity index (χ2n) is 4.41. The van der Waals surface area contributed by atoms with E-state index in [1.54, 1.807) is 11.3 Å². The number of benzene rings is 2. The van der Waals surface area contributed by atoms with Crippen LogP contribution >= 0.6 is 22.9 Å². The molecule has 0 amide bonds. The number of hydrogen-bond donors (Lipinski definition) is 0. The number of rotatable bonds is 2. The quantitative estimate of drug-likeness (QED) is 0.617. The van der Waals surface area contributed by atoms with Crippen molar-refractivity contribution in [2.75, 3.05) is 0 Å². The van der Waals surface area contributed by atoms with Gasteiger partial charge < -0.3 is 0 Å². The number of aromatic nitrogens is 1. The Bertz CT molecular complexity index is 703. The minimum absolute atomic E-state index is 0.822. The standard InChI is InChI=1S/C15H13ClNS/c1-11-6-7-14-15(8-11)18-10-17(14)9-12-4-2-3-5-13(12)16/h2-8,10H,9H2,1H3/q+1. The number of fused-ring (bicyclic) bond motifs is 1. The zero-order valence-electron chi connectivity index (χ0n) is 10.1. The molecule has 0 aliphatic rings. The first-order valence-electron chi connectivity index (χ1n) is 5.85. The largest absolute Gasteiger partial charge is 0.226 e. The van der Waals surface area contributed by atoms with E-state index >= 15 is 0 Å². The maximum atomic E-state index is 6.21. The summed E-state index contributed by atoms with van der Waals surface area (Å²) in [5.41, 5.74) is 5.89. The van der Waals surface area contributed by atoms with Gasteiger partial charge in [0.15, 0.2) is 6.54 Å². The van der Waals surface area contributed by atoms with Gasteiger partial charge in [0.05, 0.1) is 5.02 Å². The van der Waals surface area contributed by atoms with Gasteiger partial charge in [-0.15, -0.1) is 0 Å². The summed E-state index contributed by atoms with van der Waals surface area (Å²) in [6.07, 6.45) is 0. The highest BCUT2D eigenvalue weighted by molar-refractivity contribution is 7.16. The lowest BCUT2D eigenvalue weighted by Gasteiger charge is -1.99. The molecular weight excluding hydrogens is 262 g/mol. The molecule has 3 aromatic rings. The lowest BCUT2D eigenvalue weighted by molar-refractivity contribution is -0.658. The third kappa shape index (κ3) is 2.14. The Morgan fingerprint density at radius 2 is 2.00 bits per heavy atom. The van der Waals surface area contributed by atoms with E-state index in [4.69, 9.17) is 11.6 Å². The molecule has 18 heavy (non-hydrogen) atoms. The van der Waals surface area contributed by atoms with Crippen LogP contribution in [-0.4, -0.2) is 0 Å². The maximum Gasteiger partial charge on any atom is 0.226 e. The highest BCUT2D eigenvalue weighted by Gasteiger charge is 2.13. The van der Waals surface area contributed by atoms with Crippen LogP contribution < -0.4 is 4.57 Å². The van der Waals surface area contributed by atoms with Crippen molar-refractivity contribution >= 4 is 33.2 Å². The number of hydrogen-bond acceptors (Lipinski definition) is 1. The Kier molecular flexibility index (Phi) is 3.06. The Morgan fingerprint density at radius 3 is 2.83 bits per heavy atom. The summed E-state index contributed by atoms with van der Waals surface area (Å²) in [5, 5.41) is 0.830. The van der Waals surface area contributed by atoms with Crippen LogP contribution in [-0.2, 0) is 6.54 Å². The average molecular weight is 275 g/mol. The fourth-order valence-corrected chi connectivity index (χ4v) is 3.25. The molecule has 0 unspecified atom stereocenters. The van der Waals surface area contributed by atoms with Gasteiger partial charge in [0.1, 0.15) is 4.70 Å². The molecular formula is C15H13ClNS+. The van der Waals surface area contributed by atoms with Gasteiger partial charge in [-0.25, -0.2) is 0 Å². The summed E-state index contributed by atoms with van der Waals surface area (Å²) in [4.78, 5) is 0. The maximum absolute atomic E-state index is 6.21. The Labute approximate surface area is 115 Å². The van der Waals surface area contributed by atoms with Crippen molar-refractivity contribution in [3.8, 4) is 0 Å². The van der Waals surface area contributed by atoms with Crippen LogP contribution in [0.1, 0.15) is 11.1 Å². The molecule has 0 radical (unpaired) electrons. The molecule has 0 aliphatic carbocycles. The van der Waals surface area contributed by atoms with Gasteiger partial charge >= 0.3 is 0 Å². The van der Waals surface area contributed by atoms with E-state index in [2.05, 4.69) is 41.3 Å². The Hall–Kier alpha value is -1.38. The number of thiazole rings is 1. The van der Waals surface area contributed by atoms with Crippen molar-refractivity contribution in [2.24, 2.45) is 0 Å².